The van der Waals surface area contributed by atoms with E-state index in [0.717, 1.165) is 33.0 Å². The highest BCUT2D eigenvalue weighted by Gasteiger charge is 2.14. The molecular weight excluding hydrogens is 320 g/mol. The van der Waals surface area contributed by atoms with Gasteiger partial charge in [-0.2, -0.15) is 0 Å². The van der Waals surface area contributed by atoms with Gasteiger partial charge in [-0.3, -0.25) is 8.97 Å². The second-order valence-corrected chi connectivity index (χ2v) is 6.32. The molecule has 0 fully saturated rings. The molecule has 0 bridgehead atoms. The van der Waals surface area contributed by atoms with Crippen molar-refractivity contribution in [3.05, 3.63) is 112 Å². The number of benzene rings is 3. The maximum Gasteiger partial charge on any atom is 0.338 e. The van der Waals surface area contributed by atoms with Gasteiger partial charge in [-0.05, 0) is 35.9 Å². The Morgan fingerprint density at radius 2 is 1.35 bits per heavy atom. The molecule has 3 aromatic carbocycles. The zero-order valence-corrected chi connectivity index (χ0v) is 14.0. The topological polar surface area (TPSA) is 26.4 Å². The van der Waals surface area contributed by atoms with Crippen LogP contribution >= 0.6 is 0 Å². The van der Waals surface area contributed by atoms with Crippen molar-refractivity contribution in [2.75, 3.05) is 0 Å². The maximum atomic E-state index is 13.3. The van der Waals surface area contributed by atoms with Gasteiger partial charge in [0.05, 0.1) is 22.1 Å². The van der Waals surface area contributed by atoms with Crippen molar-refractivity contribution in [3.63, 3.8) is 0 Å². The van der Waals surface area contributed by atoms with Crippen LogP contribution in [0.3, 0.4) is 0 Å². The van der Waals surface area contributed by atoms with Gasteiger partial charge in [-0.1, -0.05) is 66.7 Å². The van der Waals surface area contributed by atoms with Crippen LogP contribution in [0.1, 0.15) is 5.56 Å². The van der Waals surface area contributed by atoms with Gasteiger partial charge in [0.2, 0.25) is 0 Å². The smallest absolute Gasteiger partial charge is 0.260 e. The minimum absolute atomic E-state index is 0.0467. The molecule has 2 heterocycles. The highest BCUT2D eigenvalue weighted by Crippen LogP contribution is 2.17. The summed E-state index contributed by atoms with van der Waals surface area (Å²) >= 11 is 0. The van der Waals surface area contributed by atoms with Gasteiger partial charge in [0, 0.05) is 5.39 Å². The SMILES string of the molecule is O=c1n(-c2ccccc2)/c(=C/c2ccccc2)c2cc3ccccc3n12. The molecule has 5 aromatic rings. The summed E-state index contributed by atoms with van der Waals surface area (Å²) in [5, 5.41) is 1.96. The first-order valence-corrected chi connectivity index (χ1v) is 8.60. The largest absolute Gasteiger partial charge is 0.338 e. The fraction of sp³-hybridized carbons (Fsp3) is 0. The van der Waals surface area contributed by atoms with Gasteiger partial charge in [-0.15, -0.1) is 0 Å². The molecule has 2 aromatic heterocycles. The Hall–Kier alpha value is -3.59. The maximum absolute atomic E-state index is 13.3. The minimum Gasteiger partial charge on any atom is -0.260 e. The predicted octanol–water partition coefficient (Wildman–Crippen LogP) is 3.79. The molecule has 0 aliphatic heterocycles. The van der Waals surface area contributed by atoms with Gasteiger partial charge in [0.1, 0.15) is 0 Å². The van der Waals surface area contributed by atoms with Crippen LogP contribution in [0, 0.1) is 0 Å². The standard InChI is InChI=1S/C23H16N2O/c26-23-24(19-12-5-2-6-13-19)21(15-17-9-3-1-4-10-17)22-16-18-11-7-8-14-20(18)25(22)23/h1-16H/b21-15+. The third kappa shape index (κ3) is 2.18. The van der Waals surface area contributed by atoms with Gasteiger partial charge in [0.15, 0.2) is 0 Å². The van der Waals surface area contributed by atoms with Gasteiger partial charge in [0.25, 0.3) is 0 Å². The summed E-state index contributed by atoms with van der Waals surface area (Å²) < 4.78 is 3.59. The van der Waals surface area contributed by atoms with Crippen LogP contribution in [0.25, 0.3) is 28.2 Å². The quantitative estimate of drug-likeness (QED) is 0.482. The molecule has 5 rings (SSSR count). The van der Waals surface area contributed by atoms with Crippen LogP contribution in [0.4, 0.5) is 0 Å². The molecule has 0 radical (unpaired) electrons. The number of imidazole rings is 1. The van der Waals surface area contributed by atoms with E-state index in [2.05, 4.69) is 12.1 Å². The lowest BCUT2D eigenvalue weighted by atomic mass is 10.2. The van der Waals surface area contributed by atoms with Crippen molar-refractivity contribution in [2.45, 2.75) is 0 Å². The highest BCUT2D eigenvalue weighted by atomic mass is 16.1. The number of rotatable bonds is 2. The molecule has 26 heavy (non-hydrogen) atoms. The number of fused-ring (bicyclic) bond motifs is 3. The molecule has 0 N–H and O–H groups in total. The van der Waals surface area contributed by atoms with Crippen LogP contribution < -0.4 is 11.0 Å². The lowest BCUT2D eigenvalue weighted by Gasteiger charge is -2.02. The molecule has 0 spiro atoms. The molecular formula is C23H16N2O. The van der Waals surface area contributed by atoms with Gasteiger partial charge < -0.3 is 0 Å². The van der Waals surface area contributed by atoms with E-state index in [1.807, 2.05) is 84.9 Å². The van der Waals surface area contributed by atoms with Crippen LogP contribution in [0.2, 0.25) is 0 Å². The Labute approximate surface area is 150 Å². The number of hydrogen-bond donors (Lipinski definition) is 0. The molecule has 0 saturated heterocycles. The first-order valence-electron chi connectivity index (χ1n) is 8.60. The van der Waals surface area contributed by atoms with E-state index >= 15 is 0 Å². The van der Waals surface area contributed by atoms with E-state index in [0.29, 0.717) is 0 Å². The molecule has 3 nitrogen and oxygen atoms in total. The fourth-order valence-corrected chi connectivity index (χ4v) is 3.54. The first kappa shape index (κ1) is 14.7. The Morgan fingerprint density at radius 3 is 2.12 bits per heavy atom. The van der Waals surface area contributed by atoms with Crippen molar-refractivity contribution in [1.29, 1.82) is 0 Å². The minimum atomic E-state index is -0.0467. The van der Waals surface area contributed by atoms with Crippen LogP contribution in [-0.2, 0) is 0 Å². The van der Waals surface area contributed by atoms with Crippen molar-refractivity contribution in [3.8, 4) is 5.69 Å². The number of aromatic nitrogens is 2. The lowest BCUT2D eigenvalue weighted by molar-refractivity contribution is 0.937. The number of nitrogens with zero attached hydrogens (tertiary/aromatic N) is 2. The van der Waals surface area contributed by atoms with E-state index < -0.39 is 0 Å². The fourth-order valence-electron chi connectivity index (χ4n) is 3.54. The summed E-state index contributed by atoms with van der Waals surface area (Å²) in [5.41, 5.74) is 3.74. The monoisotopic (exact) mass is 336 g/mol. The third-order valence-electron chi connectivity index (χ3n) is 4.71. The summed E-state index contributed by atoms with van der Waals surface area (Å²) in [7, 11) is 0. The van der Waals surface area contributed by atoms with E-state index in [1.54, 1.807) is 8.97 Å². The van der Waals surface area contributed by atoms with Crippen LogP contribution in [-0.4, -0.2) is 8.97 Å². The normalized spacial score (nSPS) is 12.2. The molecule has 0 unspecified atom stereocenters. The summed E-state index contributed by atoms with van der Waals surface area (Å²) in [6, 6.07) is 30.0. The summed E-state index contributed by atoms with van der Waals surface area (Å²) in [6.45, 7) is 0. The van der Waals surface area contributed by atoms with Crippen molar-refractivity contribution >= 4 is 22.5 Å². The second kappa shape index (κ2) is 5.74. The molecule has 0 saturated carbocycles. The molecule has 0 atom stereocenters. The van der Waals surface area contributed by atoms with Gasteiger partial charge in [-0.25, -0.2) is 4.79 Å². The zero-order valence-electron chi connectivity index (χ0n) is 14.0. The Morgan fingerprint density at radius 1 is 0.692 bits per heavy atom. The Kier molecular flexibility index (Phi) is 3.25. The molecule has 0 amide bonds. The zero-order chi connectivity index (χ0) is 17.5. The lowest BCUT2D eigenvalue weighted by Crippen LogP contribution is -2.26. The van der Waals surface area contributed by atoms with E-state index in [-0.39, 0.29) is 5.69 Å². The van der Waals surface area contributed by atoms with Crippen molar-refractivity contribution in [2.24, 2.45) is 0 Å². The van der Waals surface area contributed by atoms with E-state index in [4.69, 9.17) is 0 Å². The summed E-state index contributed by atoms with van der Waals surface area (Å²) in [5.74, 6) is 0. The Bertz CT molecular complexity index is 1330. The molecule has 0 aliphatic rings. The summed E-state index contributed by atoms with van der Waals surface area (Å²) in [6.07, 6.45) is 2.07. The first-order chi connectivity index (χ1) is 12.8. The second-order valence-electron chi connectivity index (χ2n) is 6.32. The third-order valence-corrected chi connectivity index (χ3v) is 4.71. The average Bonchev–Trinajstić information content (AvgIpc) is 3.19. The van der Waals surface area contributed by atoms with Crippen molar-refractivity contribution < 1.29 is 0 Å². The van der Waals surface area contributed by atoms with E-state index in [9.17, 15) is 4.79 Å². The van der Waals surface area contributed by atoms with Crippen molar-refractivity contribution in [1.82, 2.24) is 8.97 Å². The van der Waals surface area contributed by atoms with E-state index in [1.165, 1.54) is 0 Å². The highest BCUT2D eigenvalue weighted by molar-refractivity contribution is 5.87. The Balaban J connectivity index is 1.97. The number of para-hydroxylation sites is 2. The molecule has 124 valence electrons. The number of hydrogen-bond acceptors (Lipinski definition) is 1. The summed E-state index contributed by atoms with van der Waals surface area (Å²) in [4.78, 5) is 13.3. The molecule has 3 heteroatoms. The average molecular weight is 336 g/mol. The predicted molar refractivity (Wildman–Crippen MR) is 106 cm³/mol. The van der Waals surface area contributed by atoms with Crippen LogP contribution in [0.5, 0.6) is 0 Å². The van der Waals surface area contributed by atoms with Gasteiger partial charge >= 0.3 is 5.69 Å². The molecule has 0 aliphatic carbocycles. The van der Waals surface area contributed by atoms with Crippen LogP contribution in [0.15, 0.2) is 95.8 Å².